The van der Waals surface area contributed by atoms with Crippen LogP contribution in [0.1, 0.15) is 18.4 Å². The van der Waals surface area contributed by atoms with Gasteiger partial charge in [0.05, 0.1) is 24.5 Å². The van der Waals surface area contributed by atoms with Gasteiger partial charge in [0, 0.05) is 37.8 Å². The van der Waals surface area contributed by atoms with Crippen LogP contribution in [0.4, 0.5) is 10.5 Å². The Hall–Kier alpha value is -2.68. The molecule has 9 nitrogen and oxygen atoms in total. The second-order valence-corrected chi connectivity index (χ2v) is 7.23. The summed E-state index contributed by atoms with van der Waals surface area (Å²) in [5.74, 6) is -0.150. The van der Waals surface area contributed by atoms with Crippen molar-refractivity contribution in [3.05, 3.63) is 39.9 Å². The molecular weight excluding hydrogens is 364 g/mol. The summed E-state index contributed by atoms with van der Waals surface area (Å²) in [5, 5.41) is 11.2. The maximum Gasteiger partial charge on any atom is 0.409 e. The maximum absolute atomic E-state index is 13.0. The maximum atomic E-state index is 13.0. The summed E-state index contributed by atoms with van der Waals surface area (Å²) in [5.41, 5.74) is 0.368. The molecule has 0 spiro atoms. The van der Waals surface area contributed by atoms with Gasteiger partial charge in [0.15, 0.2) is 0 Å². The molecule has 2 fully saturated rings. The fourth-order valence-corrected chi connectivity index (χ4v) is 4.00. The Bertz CT molecular complexity index is 735. The molecule has 0 N–H and O–H groups in total. The number of benzene rings is 1. The first-order valence-corrected chi connectivity index (χ1v) is 9.56. The SMILES string of the molecule is COC(=O)N1CCN(C(=O)Cc2ccccc2[N+](=O)[O-])C(CN2CCCC2)C1. The van der Waals surface area contributed by atoms with Crippen LogP contribution in [0.3, 0.4) is 0 Å². The van der Waals surface area contributed by atoms with Crippen molar-refractivity contribution in [1.82, 2.24) is 14.7 Å². The van der Waals surface area contributed by atoms with Gasteiger partial charge in [0.1, 0.15) is 0 Å². The first-order chi connectivity index (χ1) is 13.5. The van der Waals surface area contributed by atoms with E-state index in [9.17, 15) is 19.7 Å². The molecule has 1 atom stereocenters. The number of nitrogens with zero attached hydrogens (tertiary/aromatic N) is 4. The molecular formula is C19H26N4O5. The van der Waals surface area contributed by atoms with Crippen molar-refractivity contribution in [2.45, 2.75) is 25.3 Å². The molecule has 2 aliphatic rings. The molecule has 0 saturated carbocycles. The molecule has 3 rings (SSSR count). The molecule has 1 unspecified atom stereocenters. The van der Waals surface area contributed by atoms with Gasteiger partial charge < -0.3 is 19.4 Å². The Morgan fingerprint density at radius 1 is 1.18 bits per heavy atom. The van der Waals surface area contributed by atoms with Crippen LogP contribution in [0.5, 0.6) is 0 Å². The van der Waals surface area contributed by atoms with Crippen LogP contribution < -0.4 is 0 Å². The molecule has 1 aromatic carbocycles. The number of nitro benzene ring substituents is 1. The van der Waals surface area contributed by atoms with E-state index in [-0.39, 0.29) is 24.1 Å². The number of piperazine rings is 1. The van der Waals surface area contributed by atoms with E-state index < -0.39 is 11.0 Å². The van der Waals surface area contributed by atoms with Gasteiger partial charge in [-0.25, -0.2) is 4.79 Å². The number of amides is 2. The van der Waals surface area contributed by atoms with Gasteiger partial charge in [0.2, 0.25) is 5.91 Å². The normalized spacial score (nSPS) is 20.2. The zero-order valence-corrected chi connectivity index (χ0v) is 16.1. The van der Waals surface area contributed by atoms with E-state index in [1.807, 2.05) is 0 Å². The molecule has 28 heavy (non-hydrogen) atoms. The third-order valence-electron chi connectivity index (χ3n) is 5.43. The zero-order valence-electron chi connectivity index (χ0n) is 16.1. The highest BCUT2D eigenvalue weighted by atomic mass is 16.6. The minimum Gasteiger partial charge on any atom is -0.453 e. The summed E-state index contributed by atoms with van der Waals surface area (Å²) < 4.78 is 4.84. The van der Waals surface area contributed by atoms with Gasteiger partial charge in [0.25, 0.3) is 5.69 Å². The van der Waals surface area contributed by atoms with Crippen molar-refractivity contribution in [3.63, 3.8) is 0 Å². The second-order valence-electron chi connectivity index (χ2n) is 7.23. The standard InChI is InChI=1S/C19H26N4O5/c1-28-19(25)21-10-11-22(16(14-21)13-20-8-4-5-9-20)18(24)12-15-6-2-3-7-17(15)23(26)27/h2-3,6-7,16H,4-5,8-14H2,1H3. The van der Waals surface area contributed by atoms with E-state index in [2.05, 4.69) is 4.90 Å². The highest BCUT2D eigenvalue weighted by Crippen LogP contribution is 2.21. The summed E-state index contributed by atoms with van der Waals surface area (Å²) in [6.45, 7) is 3.86. The molecule has 9 heteroatoms. The number of nitro groups is 1. The van der Waals surface area contributed by atoms with Crippen molar-refractivity contribution in [2.24, 2.45) is 0 Å². The van der Waals surface area contributed by atoms with Gasteiger partial charge >= 0.3 is 6.09 Å². The molecule has 0 aliphatic carbocycles. The van der Waals surface area contributed by atoms with Gasteiger partial charge in [-0.3, -0.25) is 14.9 Å². The van der Waals surface area contributed by atoms with E-state index in [0.29, 0.717) is 31.7 Å². The third-order valence-corrected chi connectivity index (χ3v) is 5.43. The first-order valence-electron chi connectivity index (χ1n) is 9.56. The molecule has 0 bridgehead atoms. The quantitative estimate of drug-likeness (QED) is 0.559. The molecule has 0 aromatic heterocycles. The Balaban J connectivity index is 1.74. The number of carbonyl (C=O) groups is 2. The van der Waals surface area contributed by atoms with Crippen LogP contribution >= 0.6 is 0 Å². The summed E-state index contributed by atoms with van der Waals surface area (Å²) in [6.07, 6.45) is 1.86. The fraction of sp³-hybridized carbons (Fsp3) is 0.579. The number of carbonyl (C=O) groups excluding carboxylic acids is 2. The smallest absolute Gasteiger partial charge is 0.409 e. The highest BCUT2D eigenvalue weighted by Gasteiger charge is 2.34. The first kappa shape index (κ1) is 20.1. The van der Waals surface area contributed by atoms with Crippen LogP contribution in [0.25, 0.3) is 0 Å². The average Bonchev–Trinajstić information content (AvgIpc) is 3.20. The van der Waals surface area contributed by atoms with Crippen LogP contribution in [0.2, 0.25) is 0 Å². The lowest BCUT2D eigenvalue weighted by molar-refractivity contribution is -0.385. The zero-order chi connectivity index (χ0) is 20.1. The minimum absolute atomic E-state index is 0.0219. The van der Waals surface area contributed by atoms with E-state index in [1.165, 1.54) is 13.2 Å². The van der Waals surface area contributed by atoms with E-state index in [0.717, 1.165) is 25.9 Å². The van der Waals surface area contributed by atoms with E-state index in [4.69, 9.17) is 4.74 Å². The largest absolute Gasteiger partial charge is 0.453 e. The average molecular weight is 390 g/mol. The second kappa shape index (κ2) is 9.01. The lowest BCUT2D eigenvalue weighted by Gasteiger charge is -2.42. The Morgan fingerprint density at radius 2 is 1.89 bits per heavy atom. The predicted molar refractivity (Wildman–Crippen MR) is 102 cm³/mol. The van der Waals surface area contributed by atoms with Crippen molar-refractivity contribution in [2.75, 3.05) is 46.4 Å². The molecule has 2 aliphatic heterocycles. The summed E-state index contributed by atoms with van der Waals surface area (Å²) in [7, 11) is 1.35. The minimum atomic E-state index is -0.459. The van der Waals surface area contributed by atoms with Crippen molar-refractivity contribution in [1.29, 1.82) is 0 Å². The van der Waals surface area contributed by atoms with Crippen LogP contribution in [0, 0.1) is 10.1 Å². The lowest BCUT2D eigenvalue weighted by Crippen LogP contribution is -2.59. The molecule has 1 aromatic rings. The van der Waals surface area contributed by atoms with Gasteiger partial charge in [-0.15, -0.1) is 0 Å². The number of hydrogen-bond acceptors (Lipinski definition) is 6. The molecule has 2 saturated heterocycles. The summed E-state index contributed by atoms with van der Waals surface area (Å²) in [4.78, 5) is 41.4. The van der Waals surface area contributed by atoms with E-state index in [1.54, 1.807) is 28.0 Å². The number of para-hydroxylation sites is 1. The Morgan fingerprint density at radius 3 is 2.57 bits per heavy atom. The third kappa shape index (κ3) is 4.59. The molecule has 0 radical (unpaired) electrons. The molecule has 2 heterocycles. The van der Waals surface area contributed by atoms with Crippen LogP contribution in [-0.2, 0) is 16.0 Å². The van der Waals surface area contributed by atoms with Crippen molar-refractivity contribution >= 4 is 17.7 Å². The Labute approximate surface area is 164 Å². The van der Waals surface area contributed by atoms with E-state index >= 15 is 0 Å². The lowest BCUT2D eigenvalue weighted by atomic mass is 10.1. The Kier molecular flexibility index (Phi) is 6.45. The van der Waals surface area contributed by atoms with Gasteiger partial charge in [-0.05, 0) is 25.9 Å². The van der Waals surface area contributed by atoms with Gasteiger partial charge in [-0.1, -0.05) is 18.2 Å². The summed E-state index contributed by atoms with van der Waals surface area (Å²) >= 11 is 0. The predicted octanol–water partition coefficient (Wildman–Crippen LogP) is 1.51. The highest BCUT2D eigenvalue weighted by molar-refractivity contribution is 5.80. The van der Waals surface area contributed by atoms with Gasteiger partial charge in [-0.2, -0.15) is 0 Å². The van der Waals surface area contributed by atoms with Crippen molar-refractivity contribution in [3.8, 4) is 0 Å². The number of ether oxygens (including phenoxy) is 1. The monoisotopic (exact) mass is 390 g/mol. The topological polar surface area (TPSA) is 96.2 Å². The number of likely N-dealkylation sites (tertiary alicyclic amines) is 1. The van der Waals surface area contributed by atoms with Crippen LogP contribution in [0.15, 0.2) is 24.3 Å². The number of hydrogen-bond donors (Lipinski definition) is 0. The number of methoxy groups -OCH3 is 1. The number of rotatable bonds is 5. The molecule has 2 amide bonds. The molecule has 152 valence electrons. The fourth-order valence-electron chi connectivity index (χ4n) is 4.00. The summed E-state index contributed by atoms with van der Waals surface area (Å²) in [6, 6.07) is 6.18. The van der Waals surface area contributed by atoms with Crippen LogP contribution in [-0.4, -0.2) is 84.0 Å². The van der Waals surface area contributed by atoms with Crippen molar-refractivity contribution < 1.29 is 19.2 Å².